The van der Waals surface area contributed by atoms with Crippen molar-refractivity contribution >= 4 is 15.7 Å². The highest BCUT2D eigenvalue weighted by Crippen LogP contribution is 2.39. The maximum absolute atomic E-state index is 12.2. The van der Waals surface area contributed by atoms with E-state index in [2.05, 4.69) is 0 Å². The fourth-order valence-corrected chi connectivity index (χ4v) is 4.02. The van der Waals surface area contributed by atoms with Gasteiger partial charge in [0.25, 0.3) is 0 Å². The van der Waals surface area contributed by atoms with E-state index in [0.717, 1.165) is 28.7 Å². The number of fused-ring (bicyclic) bond motifs is 1. The minimum absolute atomic E-state index is 0.335. The number of hydrogen-bond donors (Lipinski definition) is 0. The van der Waals surface area contributed by atoms with Crippen molar-refractivity contribution in [2.24, 2.45) is 0 Å². The summed E-state index contributed by atoms with van der Waals surface area (Å²) in [6, 6.07) is 3.82. The maximum atomic E-state index is 12.2. The van der Waals surface area contributed by atoms with Gasteiger partial charge >= 0.3 is 10.1 Å². The largest absolute Gasteiger partial charge is 0.383 e. The van der Waals surface area contributed by atoms with Gasteiger partial charge in [-0.3, -0.25) is 0 Å². The molecule has 0 atom stereocenters. The molecule has 0 saturated heterocycles. The summed E-state index contributed by atoms with van der Waals surface area (Å²) in [5, 5.41) is 0. The van der Waals surface area contributed by atoms with Gasteiger partial charge in [-0.05, 0) is 31.4 Å². The lowest BCUT2D eigenvalue weighted by atomic mass is 9.97. The normalized spacial score (nSPS) is 17.3. The predicted molar refractivity (Wildman–Crippen MR) is 71.7 cm³/mol. The van der Waals surface area contributed by atoms with Crippen LogP contribution in [-0.2, 0) is 14.3 Å². The number of allylic oxidation sites excluding steroid dienone is 2. The van der Waals surface area contributed by atoms with Crippen molar-refractivity contribution in [1.82, 2.24) is 0 Å². The van der Waals surface area contributed by atoms with Gasteiger partial charge in [-0.25, -0.2) is 0 Å². The molecule has 0 fully saturated rings. The lowest BCUT2D eigenvalue weighted by Crippen LogP contribution is -2.17. The molecule has 0 aliphatic carbocycles. The molecule has 1 aromatic rings. The molecule has 1 heterocycles. The standard InChI is InChI=1S/C14H18O3S/c1-5-11-12-8-9(3)7-10(4)14(12)18(15,16)17-13(11)6-2/h7-8H,5-6H2,1-4H3. The predicted octanol–water partition coefficient (Wildman–Crippen LogP) is 3.55. The van der Waals surface area contributed by atoms with Crippen molar-refractivity contribution in [1.29, 1.82) is 0 Å². The van der Waals surface area contributed by atoms with Gasteiger partial charge in [0.05, 0.1) is 0 Å². The van der Waals surface area contributed by atoms with E-state index in [1.165, 1.54) is 0 Å². The van der Waals surface area contributed by atoms with Crippen LogP contribution in [0.4, 0.5) is 0 Å². The van der Waals surface area contributed by atoms with Gasteiger partial charge in [0, 0.05) is 12.0 Å². The van der Waals surface area contributed by atoms with Gasteiger partial charge in [0.1, 0.15) is 10.7 Å². The zero-order chi connectivity index (χ0) is 13.5. The number of aryl methyl sites for hydroxylation is 2. The summed E-state index contributed by atoms with van der Waals surface area (Å²) in [6.45, 7) is 7.73. The molecule has 0 amide bonds. The van der Waals surface area contributed by atoms with Crippen LogP contribution < -0.4 is 0 Å². The Kier molecular flexibility index (Phi) is 3.23. The van der Waals surface area contributed by atoms with Crippen LogP contribution >= 0.6 is 0 Å². The van der Waals surface area contributed by atoms with Crippen LogP contribution in [0.1, 0.15) is 43.4 Å². The minimum Gasteiger partial charge on any atom is -0.383 e. The second-order valence-electron chi connectivity index (χ2n) is 4.60. The molecule has 1 aliphatic heterocycles. The van der Waals surface area contributed by atoms with E-state index < -0.39 is 10.1 Å². The molecule has 0 radical (unpaired) electrons. The smallest absolute Gasteiger partial charge is 0.339 e. The van der Waals surface area contributed by atoms with Crippen LogP contribution in [0.3, 0.4) is 0 Å². The first-order valence-electron chi connectivity index (χ1n) is 6.18. The van der Waals surface area contributed by atoms with Gasteiger partial charge in [0.15, 0.2) is 0 Å². The highest BCUT2D eigenvalue weighted by atomic mass is 32.2. The highest BCUT2D eigenvalue weighted by molar-refractivity contribution is 7.87. The molecule has 1 aliphatic rings. The third-order valence-corrected chi connectivity index (χ3v) is 4.68. The average Bonchev–Trinajstić information content (AvgIpc) is 2.26. The first kappa shape index (κ1) is 13.1. The molecule has 2 rings (SSSR count). The fourth-order valence-electron chi connectivity index (χ4n) is 2.54. The summed E-state index contributed by atoms with van der Waals surface area (Å²) >= 11 is 0. The number of rotatable bonds is 2. The molecular weight excluding hydrogens is 248 g/mol. The Morgan fingerprint density at radius 3 is 2.33 bits per heavy atom. The molecule has 98 valence electrons. The zero-order valence-corrected chi connectivity index (χ0v) is 12.0. The van der Waals surface area contributed by atoms with E-state index in [0.29, 0.717) is 17.1 Å². The first-order valence-corrected chi connectivity index (χ1v) is 7.59. The van der Waals surface area contributed by atoms with Crippen LogP contribution in [-0.4, -0.2) is 8.42 Å². The highest BCUT2D eigenvalue weighted by Gasteiger charge is 2.31. The van der Waals surface area contributed by atoms with Crippen LogP contribution in [0.15, 0.2) is 22.8 Å². The summed E-state index contributed by atoms with van der Waals surface area (Å²) in [5.41, 5.74) is 3.66. The Hall–Kier alpha value is -1.29. The number of hydrogen-bond acceptors (Lipinski definition) is 3. The van der Waals surface area contributed by atoms with Crippen molar-refractivity contribution < 1.29 is 12.6 Å². The monoisotopic (exact) mass is 266 g/mol. The van der Waals surface area contributed by atoms with Gasteiger partial charge in [-0.2, -0.15) is 8.42 Å². The van der Waals surface area contributed by atoms with Gasteiger partial charge in [0.2, 0.25) is 0 Å². The van der Waals surface area contributed by atoms with Gasteiger partial charge in [-0.15, -0.1) is 0 Å². The Morgan fingerprint density at radius 1 is 1.11 bits per heavy atom. The summed E-state index contributed by atoms with van der Waals surface area (Å²) in [6.07, 6.45) is 1.36. The first-order chi connectivity index (χ1) is 8.40. The second kappa shape index (κ2) is 4.43. The van der Waals surface area contributed by atoms with Crippen LogP contribution in [0.25, 0.3) is 5.57 Å². The van der Waals surface area contributed by atoms with E-state index in [9.17, 15) is 8.42 Å². The molecule has 0 bridgehead atoms. The van der Waals surface area contributed by atoms with Crippen molar-refractivity contribution in [2.75, 3.05) is 0 Å². The van der Waals surface area contributed by atoms with E-state index in [-0.39, 0.29) is 0 Å². The van der Waals surface area contributed by atoms with Crippen LogP contribution in [0, 0.1) is 13.8 Å². The molecular formula is C14H18O3S. The fraction of sp³-hybridized carbons (Fsp3) is 0.429. The van der Waals surface area contributed by atoms with Gasteiger partial charge in [-0.1, -0.05) is 31.5 Å². The SMILES string of the molecule is CCC1=C(CC)c2cc(C)cc(C)c2S(=O)(=O)O1. The number of benzene rings is 1. The zero-order valence-electron chi connectivity index (χ0n) is 11.2. The molecule has 4 heteroatoms. The molecule has 1 aromatic carbocycles. The topological polar surface area (TPSA) is 43.4 Å². The van der Waals surface area contributed by atoms with Crippen molar-refractivity contribution in [3.63, 3.8) is 0 Å². The molecule has 0 aromatic heterocycles. The van der Waals surface area contributed by atoms with E-state index in [1.54, 1.807) is 0 Å². The lowest BCUT2D eigenvalue weighted by Gasteiger charge is -2.24. The lowest BCUT2D eigenvalue weighted by molar-refractivity contribution is 0.390. The molecule has 0 spiro atoms. The Bertz CT molecular complexity index is 625. The summed E-state index contributed by atoms with van der Waals surface area (Å²) in [5.74, 6) is 0.579. The van der Waals surface area contributed by atoms with Crippen molar-refractivity contribution in [3.05, 3.63) is 34.6 Å². The Labute approximate surface area is 109 Å². The molecule has 3 nitrogen and oxygen atoms in total. The molecule has 0 saturated carbocycles. The van der Waals surface area contributed by atoms with Crippen molar-refractivity contribution in [3.8, 4) is 0 Å². The van der Waals surface area contributed by atoms with E-state index in [4.69, 9.17) is 4.18 Å². The van der Waals surface area contributed by atoms with Crippen LogP contribution in [0.5, 0.6) is 0 Å². The summed E-state index contributed by atoms with van der Waals surface area (Å²) in [4.78, 5) is 0.335. The second-order valence-corrected chi connectivity index (χ2v) is 6.09. The average molecular weight is 266 g/mol. The van der Waals surface area contributed by atoms with Gasteiger partial charge < -0.3 is 4.18 Å². The summed E-state index contributed by atoms with van der Waals surface area (Å²) < 4.78 is 29.6. The van der Waals surface area contributed by atoms with E-state index in [1.807, 2.05) is 39.8 Å². The Morgan fingerprint density at radius 2 is 1.78 bits per heavy atom. The minimum atomic E-state index is -3.65. The Balaban J connectivity index is 2.86. The summed E-state index contributed by atoms with van der Waals surface area (Å²) in [7, 11) is -3.65. The third-order valence-electron chi connectivity index (χ3n) is 3.22. The van der Waals surface area contributed by atoms with E-state index >= 15 is 0 Å². The molecule has 18 heavy (non-hydrogen) atoms. The third kappa shape index (κ3) is 1.94. The van der Waals surface area contributed by atoms with Crippen molar-refractivity contribution in [2.45, 2.75) is 45.4 Å². The van der Waals surface area contributed by atoms with Crippen LogP contribution in [0.2, 0.25) is 0 Å². The quantitative estimate of drug-likeness (QED) is 0.769. The molecule has 0 unspecified atom stereocenters. The molecule has 0 N–H and O–H groups in total. The maximum Gasteiger partial charge on any atom is 0.339 e.